The zero-order chi connectivity index (χ0) is 15.3. The van der Waals surface area contributed by atoms with E-state index in [4.69, 9.17) is 9.84 Å². The van der Waals surface area contributed by atoms with Gasteiger partial charge in [-0.05, 0) is 6.92 Å². The molecule has 1 fully saturated rings. The van der Waals surface area contributed by atoms with Gasteiger partial charge in [0.25, 0.3) is 0 Å². The first-order chi connectivity index (χ1) is 9.26. The second-order valence-electron chi connectivity index (χ2n) is 4.45. The molecule has 1 aliphatic rings. The van der Waals surface area contributed by atoms with Crippen molar-refractivity contribution in [1.29, 1.82) is 0 Å². The van der Waals surface area contributed by atoms with Gasteiger partial charge in [-0.15, -0.1) is 0 Å². The molecule has 2 N–H and O–H groups in total. The number of nitrogens with zero attached hydrogens (tertiary/aromatic N) is 1. The third-order valence-corrected chi connectivity index (χ3v) is 3.03. The molecule has 1 amide bonds. The SMILES string of the molecule is CCN(C(=O)CNCC(F)(F)F)C1COCC1C(=O)O. The summed E-state index contributed by atoms with van der Waals surface area (Å²) >= 11 is 0. The molecule has 1 rings (SSSR count). The van der Waals surface area contributed by atoms with Gasteiger partial charge in [-0.2, -0.15) is 13.2 Å². The Morgan fingerprint density at radius 1 is 1.40 bits per heavy atom. The maximum absolute atomic E-state index is 12.0. The number of likely N-dealkylation sites (N-methyl/N-ethyl adjacent to an activating group) is 1. The number of hydrogen-bond donors (Lipinski definition) is 2. The Bertz CT molecular complexity index is 362. The lowest BCUT2D eigenvalue weighted by molar-refractivity contribution is -0.145. The van der Waals surface area contributed by atoms with Crippen LogP contribution < -0.4 is 5.32 Å². The van der Waals surface area contributed by atoms with Crippen LogP contribution in [0.15, 0.2) is 0 Å². The minimum atomic E-state index is -4.39. The molecule has 9 heteroatoms. The summed E-state index contributed by atoms with van der Waals surface area (Å²) in [6, 6.07) is -0.641. The van der Waals surface area contributed by atoms with Gasteiger partial charge in [0.15, 0.2) is 0 Å². The first-order valence-corrected chi connectivity index (χ1v) is 6.13. The van der Waals surface area contributed by atoms with Gasteiger partial charge in [-0.25, -0.2) is 0 Å². The van der Waals surface area contributed by atoms with E-state index in [0.717, 1.165) is 0 Å². The van der Waals surface area contributed by atoms with Gasteiger partial charge in [-0.1, -0.05) is 0 Å². The molecule has 2 unspecified atom stereocenters. The Morgan fingerprint density at radius 2 is 2.05 bits per heavy atom. The van der Waals surface area contributed by atoms with Crippen molar-refractivity contribution in [3.05, 3.63) is 0 Å². The highest BCUT2D eigenvalue weighted by molar-refractivity contribution is 5.80. The Hall–Kier alpha value is -1.35. The van der Waals surface area contributed by atoms with E-state index in [1.165, 1.54) is 4.90 Å². The van der Waals surface area contributed by atoms with Crippen LogP contribution in [0, 0.1) is 5.92 Å². The Labute approximate surface area is 113 Å². The summed E-state index contributed by atoms with van der Waals surface area (Å²) < 4.78 is 41.0. The van der Waals surface area contributed by atoms with Gasteiger partial charge in [0.1, 0.15) is 5.92 Å². The number of ether oxygens (including phenoxy) is 1. The summed E-state index contributed by atoms with van der Waals surface area (Å²) in [6.07, 6.45) is -4.39. The summed E-state index contributed by atoms with van der Waals surface area (Å²) in [5.74, 6) is -2.50. The number of alkyl halides is 3. The van der Waals surface area contributed by atoms with Gasteiger partial charge < -0.3 is 20.1 Å². The lowest BCUT2D eigenvalue weighted by Gasteiger charge is -2.29. The van der Waals surface area contributed by atoms with Crippen LogP contribution in [0.25, 0.3) is 0 Å². The molecule has 0 saturated carbocycles. The molecule has 0 aliphatic carbocycles. The fourth-order valence-electron chi connectivity index (χ4n) is 2.09. The van der Waals surface area contributed by atoms with Crippen LogP contribution in [-0.4, -0.2) is 66.9 Å². The molecule has 1 aliphatic heterocycles. The largest absolute Gasteiger partial charge is 0.481 e. The predicted molar refractivity (Wildman–Crippen MR) is 62.0 cm³/mol. The molecule has 0 spiro atoms. The summed E-state index contributed by atoms with van der Waals surface area (Å²) in [5, 5.41) is 11.0. The van der Waals surface area contributed by atoms with E-state index in [0.29, 0.717) is 0 Å². The van der Waals surface area contributed by atoms with Crippen molar-refractivity contribution < 1.29 is 32.6 Å². The fourth-order valence-corrected chi connectivity index (χ4v) is 2.09. The normalized spacial score (nSPS) is 22.8. The Kier molecular flexibility index (Phi) is 5.75. The molecule has 0 bridgehead atoms. The number of rotatable bonds is 6. The van der Waals surface area contributed by atoms with Crippen molar-refractivity contribution >= 4 is 11.9 Å². The van der Waals surface area contributed by atoms with Crippen LogP contribution in [-0.2, 0) is 14.3 Å². The quantitative estimate of drug-likeness (QED) is 0.726. The van der Waals surface area contributed by atoms with E-state index in [9.17, 15) is 22.8 Å². The topological polar surface area (TPSA) is 78.9 Å². The molecular weight excluding hydrogens is 281 g/mol. The van der Waals surface area contributed by atoms with E-state index >= 15 is 0 Å². The van der Waals surface area contributed by atoms with Gasteiger partial charge >= 0.3 is 12.1 Å². The highest BCUT2D eigenvalue weighted by Crippen LogP contribution is 2.20. The number of nitrogens with one attached hydrogen (secondary N) is 1. The highest BCUT2D eigenvalue weighted by atomic mass is 19.4. The highest BCUT2D eigenvalue weighted by Gasteiger charge is 2.39. The van der Waals surface area contributed by atoms with Gasteiger partial charge in [-0.3, -0.25) is 9.59 Å². The average molecular weight is 298 g/mol. The number of carboxylic acid groups (broad SMARTS) is 1. The molecule has 0 aromatic heterocycles. The summed E-state index contributed by atoms with van der Waals surface area (Å²) in [5.41, 5.74) is 0. The van der Waals surface area contributed by atoms with Crippen molar-refractivity contribution in [3.8, 4) is 0 Å². The minimum Gasteiger partial charge on any atom is -0.481 e. The van der Waals surface area contributed by atoms with Crippen LogP contribution in [0.4, 0.5) is 13.2 Å². The molecule has 0 aromatic rings. The van der Waals surface area contributed by atoms with Crippen LogP contribution in [0.3, 0.4) is 0 Å². The smallest absolute Gasteiger partial charge is 0.401 e. The molecule has 2 atom stereocenters. The monoisotopic (exact) mass is 298 g/mol. The van der Waals surface area contributed by atoms with Crippen molar-refractivity contribution in [2.24, 2.45) is 5.92 Å². The Balaban J connectivity index is 2.56. The van der Waals surface area contributed by atoms with Crippen molar-refractivity contribution in [3.63, 3.8) is 0 Å². The third kappa shape index (κ3) is 4.64. The van der Waals surface area contributed by atoms with Crippen LogP contribution in [0.1, 0.15) is 6.92 Å². The second-order valence-corrected chi connectivity index (χ2v) is 4.45. The van der Waals surface area contributed by atoms with Crippen molar-refractivity contribution in [2.45, 2.75) is 19.1 Å². The number of amides is 1. The van der Waals surface area contributed by atoms with E-state index in [1.54, 1.807) is 6.92 Å². The number of halogens is 3. The molecule has 0 radical (unpaired) electrons. The summed E-state index contributed by atoms with van der Waals surface area (Å²) in [6.45, 7) is 0.175. The average Bonchev–Trinajstić information content (AvgIpc) is 2.77. The fraction of sp³-hybridized carbons (Fsp3) is 0.818. The number of carbonyl (C=O) groups excluding carboxylic acids is 1. The number of carbonyl (C=O) groups is 2. The van der Waals surface area contributed by atoms with Gasteiger partial charge in [0, 0.05) is 6.54 Å². The summed E-state index contributed by atoms with van der Waals surface area (Å²) in [4.78, 5) is 24.1. The molecule has 1 saturated heterocycles. The predicted octanol–water partition coefficient (Wildman–Crippen LogP) is 0.0864. The zero-order valence-corrected chi connectivity index (χ0v) is 10.9. The maximum Gasteiger partial charge on any atom is 0.401 e. The standard InChI is InChI=1S/C11H17F3N2O4/c1-2-16(8-5-20-4-7(8)10(18)19)9(17)3-15-6-11(12,13)14/h7-8,15H,2-6H2,1H3,(H,18,19). The Morgan fingerprint density at radius 3 is 2.55 bits per heavy atom. The van der Waals surface area contributed by atoms with E-state index in [1.807, 2.05) is 5.32 Å². The molecule has 0 aromatic carbocycles. The number of hydrogen-bond acceptors (Lipinski definition) is 4. The van der Waals surface area contributed by atoms with Crippen LogP contribution in [0.5, 0.6) is 0 Å². The first-order valence-electron chi connectivity index (χ1n) is 6.13. The zero-order valence-electron chi connectivity index (χ0n) is 10.9. The van der Waals surface area contributed by atoms with E-state index in [-0.39, 0.29) is 19.8 Å². The number of aliphatic carboxylic acids is 1. The molecular formula is C11H17F3N2O4. The van der Waals surface area contributed by atoms with Gasteiger partial charge in [0.2, 0.25) is 5.91 Å². The maximum atomic E-state index is 12.0. The first kappa shape index (κ1) is 16.7. The van der Waals surface area contributed by atoms with Crippen LogP contribution in [0.2, 0.25) is 0 Å². The summed E-state index contributed by atoms with van der Waals surface area (Å²) in [7, 11) is 0. The van der Waals surface area contributed by atoms with Crippen LogP contribution >= 0.6 is 0 Å². The second kappa shape index (κ2) is 6.89. The molecule has 6 nitrogen and oxygen atoms in total. The van der Waals surface area contributed by atoms with Crippen molar-refractivity contribution in [1.82, 2.24) is 10.2 Å². The molecule has 1 heterocycles. The number of carboxylic acids is 1. The molecule has 116 valence electrons. The third-order valence-electron chi connectivity index (χ3n) is 3.03. The van der Waals surface area contributed by atoms with E-state index in [2.05, 4.69) is 0 Å². The van der Waals surface area contributed by atoms with Crippen molar-refractivity contribution in [2.75, 3.05) is 32.8 Å². The lowest BCUT2D eigenvalue weighted by atomic mass is 10.0. The van der Waals surface area contributed by atoms with Gasteiger partial charge in [0.05, 0.1) is 32.3 Å². The minimum absolute atomic E-state index is 0.000238. The van der Waals surface area contributed by atoms with E-state index < -0.39 is 43.1 Å². The lowest BCUT2D eigenvalue weighted by Crippen LogP contribution is -2.49. The molecule has 20 heavy (non-hydrogen) atoms.